The molecule has 0 aromatic heterocycles. The Hall–Kier alpha value is -3.85. The molecule has 3 aromatic rings. The van der Waals surface area contributed by atoms with E-state index < -0.39 is 16.1 Å². The lowest BCUT2D eigenvalue weighted by Gasteiger charge is -2.32. The lowest BCUT2D eigenvalue weighted by Crippen LogP contribution is -2.50. The van der Waals surface area contributed by atoms with E-state index in [1.807, 2.05) is 61.5 Å². The van der Waals surface area contributed by atoms with Crippen molar-refractivity contribution >= 4 is 27.5 Å². The maximum absolute atomic E-state index is 13.9. The third-order valence-corrected chi connectivity index (χ3v) is 8.28. The molecular formula is C33H43N3O5S. The standard InChI is InChI=1S/C33H43N3O5S/c1-5-6-22-34-33(38)31(24-27-11-8-7-9-12-27)35(25-28-16-14-26(2)15-17-28)32(37)13-10-23-36(42(4,39)40)29-18-20-30(41-3)21-19-29/h7-9,11-12,14-21,31H,5-6,10,13,22-25H2,1-4H3,(H,34,38)/t31-/m0/s1. The number of amides is 2. The number of aryl methyl sites for hydroxylation is 1. The van der Waals surface area contributed by atoms with Crippen molar-refractivity contribution in [3.8, 4) is 5.75 Å². The first-order valence-corrected chi connectivity index (χ1v) is 16.3. The molecule has 3 aromatic carbocycles. The molecule has 9 heteroatoms. The lowest BCUT2D eigenvalue weighted by atomic mass is 10.0. The van der Waals surface area contributed by atoms with Crippen LogP contribution in [0.1, 0.15) is 49.3 Å². The second-order valence-electron chi connectivity index (χ2n) is 10.5. The van der Waals surface area contributed by atoms with Crippen molar-refractivity contribution in [1.82, 2.24) is 10.2 Å². The van der Waals surface area contributed by atoms with Gasteiger partial charge in [-0.25, -0.2) is 8.42 Å². The topological polar surface area (TPSA) is 96.0 Å². The highest BCUT2D eigenvalue weighted by atomic mass is 32.2. The van der Waals surface area contributed by atoms with Crippen LogP contribution in [0.3, 0.4) is 0 Å². The second kappa shape index (κ2) is 16.0. The smallest absolute Gasteiger partial charge is 0.243 e. The highest BCUT2D eigenvalue weighted by molar-refractivity contribution is 7.92. The van der Waals surface area contributed by atoms with Gasteiger partial charge in [-0.05, 0) is 55.2 Å². The Morgan fingerprint density at radius 1 is 0.905 bits per heavy atom. The summed E-state index contributed by atoms with van der Waals surface area (Å²) in [6, 6.07) is 23.7. The first-order chi connectivity index (χ1) is 20.1. The molecule has 0 heterocycles. The number of methoxy groups -OCH3 is 1. The number of benzene rings is 3. The van der Waals surface area contributed by atoms with Crippen molar-refractivity contribution in [2.45, 2.75) is 58.5 Å². The number of unbranched alkanes of at least 4 members (excludes halogenated alkanes) is 1. The van der Waals surface area contributed by atoms with Crippen LogP contribution in [0.5, 0.6) is 5.75 Å². The van der Waals surface area contributed by atoms with E-state index in [0.717, 1.165) is 35.8 Å². The summed E-state index contributed by atoms with van der Waals surface area (Å²) in [6.07, 6.45) is 3.69. The van der Waals surface area contributed by atoms with Gasteiger partial charge in [0.25, 0.3) is 0 Å². The maximum Gasteiger partial charge on any atom is 0.243 e. The van der Waals surface area contributed by atoms with Gasteiger partial charge in [-0.15, -0.1) is 0 Å². The van der Waals surface area contributed by atoms with Crippen LogP contribution in [-0.4, -0.2) is 57.6 Å². The van der Waals surface area contributed by atoms with E-state index in [9.17, 15) is 18.0 Å². The molecule has 0 aliphatic rings. The third kappa shape index (κ3) is 9.91. The number of ether oxygens (including phenoxy) is 1. The van der Waals surface area contributed by atoms with E-state index in [2.05, 4.69) is 12.2 Å². The Balaban J connectivity index is 1.85. The molecule has 0 spiro atoms. The zero-order valence-corrected chi connectivity index (χ0v) is 25.9. The first kappa shape index (κ1) is 32.7. The van der Waals surface area contributed by atoms with Crippen LogP contribution in [0.15, 0.2) is 78.9 Å². The number of nitrogens with one attached hydrogen (secondary N) is 1. The SMILES string of the molecule is CCCCNC(=O)[C@H](Cc1ccccc1)N(Cc1ccc(C)cc1)C(=O)CCCN(c1ccc(OC)cc1)S(C)(=O)=O. The van der Waals surface area contributed by atoms with Gasteiger partial charge in [-0.1, -0.05) is 73.5 Å². The minimum Gasteiger partial charge on any atom is -0.497 e. The predicted octanol–water partition coefficient (Wildman–Crippen LogP) is 5.11. The quantitative estimate of drug-likeness (QED) is 0.233. The summed E-state index contributed by atoms with van der Waals surface area (Å²) in [5.41, 5.74) is 3.48. The van der Waals surface area contributed by atoms with Gasteiger partial charge in [-0.3, -0.25) is 13.9 Å². The Kier molecular flexibility index (Phi) is 12.4. The molecule has 0 saturated carbocycles. The summed E-state index contributed by atoms with van der Waals surface area (Å²) in [5, 5.41) is 3.03. The van der Waals surface area contributed by atoms with Gasteiger partial charge >= 0.3 is 0 Å². The van der Waals surface area contributed by atoms with Gasteiger partial charge in [0.05, 0.1) is 19.1 Å². The average molecular weight is 594 g/mol. The molecule has 8 nitrogen and oxygen atoms in total. The molecule has 1 N–H and O–H groups in total. The molecule has 0 aliphatic heterocycles. The second-order valence-corrected chi connectivity index (χ2v) is 12.4. The fraction of sp³-hybridized carbons (Fsp3) is 0.394. The number of anilines is 1. The Morgan fingerprint density at radius 3 is 2.17 bits per heavy atom. The molecule has 42 heavy (non-hydrogen) atoms. The van der Waals surface area contributed by atoms with Crippen molar-refractivity contribution < 1.29 is 22.7 Å². The number of carbonyl (C=O) groups is 2. The van der Waals surface area contributed by atoms with E-state index in [1.165, 1.54) is 4.31 Å². The molecule has 0 radical (unpaired) electrons. The van der Waals surface area contributed by atoms with Crippen LogP contribution in [0, 0.1) is 6.92 Å². The fourth-order valence-corrected chi connectivity index (χ4v) is 5.67. The van der Waals surface area contributed by atoms with Crippen LogP contribution >= 0.6 is 0 Å². The van der Waals surface area contributed by atoms with Crippen LogP contribution in [0.25, 0.3) is 0 Å². The molecule has 0 unspecified atom stereocenters. The highest BCUT2D eigenvalue weighted by Crippen LogP contribution is 2.23. The molecular weight excluding hydrogens is 550 g/mol. The number of sulfonamides is 1. The number of hydrogen-bond acceptors (Lipinski definition) is 5. The Labute approximate surface area is 250 Å². The van der Waals surface area contributed by atoms with Crippen molar-refractivity contribution in [1.29, 1.82) is 0 Å². The van der Waals surface area contributed by atoms with E-state index >= 15 is 0 Å². The summed E-state index contributed by atoms with van der Waals surface area (Å²) in [4.78, 5) is 29.1. The van der Waals surface area contributed by atoms with Gasteiger partial charge < -0.3 is 15.0 Å². The van der Waals surface area contributed by atoms with Gasteiger partial charge in [0, 0.05) is 32.5 Å². The van der Waals surface area contributed by atoms with Crippen molar-refractivity contribution in [3.63, 3.8) is 0 Å². The summed E-state index contributed by atoms with van der Waals surface area (Å²) < 4.78 is 31.8. The minimum atomic E-state index is -3.59. The van der Waals surface area contributed by atoms with E-state index in [-0.39, 0.29) is 37.7 Å². The fourth-order valence-electron chi connectivity index (χ4n) is 4.70. The van der Waals surface area contributed by atoms with Crippen molar-refractivity contribution in [2.24, 2.45) is 0 Å². The molecule has 3 rings (SSSR count). The number of nitrogens with zero attached hydrogens (tertiary/aromatic N) is 2. The zero-order chi connectivity index (χ0) is 30.5. The molecule has 0 fully saturated rings. The molecule has 226 valence electrons. The predicted molar refractivity (Wildman–Crippen MR) is 168 cm³/mol. The van der Waals surface area contributed by atoms with Crippen molar-refractivity contribution in [2.75, 3.05) is 30.8 Å². The molecule has 2 amide bonds. The molecule has 0 bridgehead atoms. The number of carbonyl (C=O) groups excluding carboxylic acids is 2. The van der Waals surface area contributed by atoms with Gasteiger partial charge in [0.15, 0.2) is 0 Å². The average Bonchev–Trinajstić information content (AvgIpc) is 2.98. The van der Waals surface area contributed by atoms with Crippen LogP contribution in [-0.2, 0) is 32.6 Å². The lowest BCUT2D eigenvalue weighted by molar-refractivity contribution is -0.141. The highest BCUT2D eigenvalue weighted by Gasteiger charge is 2.30. The summed E-state index contributed by atoms with van der Waals surface area (Å²) >= 11 is 0. The summed E-state index contributed by atoms with van der Waals surface area (Å²) in [5.74, 6) is 0.227. The van der Waals surface area contributed by atoms with Crippen molar-refractivity contribution in [3.05, 3.63) is 95.6 Å². The van der Waals surface area contributed by atoms with Crippen LogP contribution in [0.4, 0.5) is 5.69 Å². The minimum absolute atomic E-state index is 0.0849. The summed E-state index contributed by atoms with van der Waals surface area (Å²) in [7, 11) is -2.04. The van der Waals surface area contributed by atoms with E-state index in [1.54, 1.807) is 36.3 Å². The molecule has 1 atom stereocenters. The van der Waals surface area contributed by atoms with Crippen LogP contribution < -0.4 is 14.4 Å². The monoisotopic (exact) mass is 593 g/mol. The molecule has 0 aliphatic carbocycles. The largest absolute Gasteiger partial charge is 0.497 e. The Bertz CT molecular complexity index is 1380. The Morgan fingerprint density at radius 2 is 1.57 bits per heavy atom. The number of rotatable bonds is 16. The number of hydrogen-bond donors (Lipinski definition) is 1. The maximum atomic E-state index is 13.9. The van der Waals surface area contributed by atoms with E-state index in [0.29, 0.717) is 24.4 Å². The normalized spacial score (nSPS) is 11.9. The van der Waals surface area contributed by atoms with E-state index in [4.69, 9.17) is 4.74 Å². The zero-order valence-electron chi connectivity index (χ0n) is 25.1. The third-order valence-electron chi connectivity index (χ3n) is 7.09. The first-order valence-electron chi connectivity index (χ1n) is 14.4. The summed E-state index contributed by atoms with van der Waals surface area (Å²) in [6.45, 7) is 5.00. The van der Waals surface area contributed by atoms with Crippen LogP contribution in [0.2, 0.25) is 0 Å². The molecule has 0 saturated heterocycles. The van der Waals surface area contributed by atoms with Gasteiger partial charge in [0.2, 0.25) is 21.8 Å². The van der Waals surface area contributed by atoms with Gasteiger partial charge in [0.1, 0.15) is 11.8 Å². The van der Waals surface area contributed by atoms with Gasteiger partial charge in [-0.2, -0.15) is 0 Å².